The lowest BCUT2D eigenvalue weighted by atomic mass is 10.5. The third kappa shape index (κ3) is 0.767. The van der Waals surface area contributed by atoms with Gasteiger partial charge in [0.15, 0.2) is 0 Å². The maximum atomic E-state index is 4.16. The molecule has 1 N–H and O–H groups in total. The molecule has 0 aliphatic rings. The summed E-state index contributed by atoms with van der Waals surface area (Å²) in [6, 6.07) is 4.09. The van der Waals surface area contributed by atoms with Gasteiger partial charge in [-0.15, -0.1) is 24.0 Å². The van der Waals surface area contributed by atoms with Gasteiger partial charge in [0.1, 0.15) is 0 Å². The Morgan fingerprint density at radius 2 is 2.44 bits per heavy atom. The minimum atomic E-state index is 0.942. The second kappa shape index (κ2) is 1.78. The van der Waals surface area contributed by atoms with Gasteiger partial charge in [-0.2, -0.15) is 0 Å². The van der Waals surface area contributed by atoms with Crippen molar-refractivity contribution in [2.75, 3.05) is 0 Å². The van der Waals surface area contributed by atoms with Crippen molar-refractivity contribution < 1.29 is 0 Å². The molecule has 3 heteroatoms. The van der Waals surface area contributed by atoms with Crippen molar-refractivity contribution in [3.05, 3.63) is 17.5 Å². The van der Waals surface area contributed by atoms with Gasteiger partial charge in [0.25, 0.3) is 0 Å². The summed E-state index contributed by atoms with van der Waals surface area (Å²) in [6.45, 7) is 0. The molecule has 9 heavy (non-hydrogen) atoms. The summed E-state index contributed by atoms with van der Waals surface area (Å²) >= 11 is 5.89. The van der Waals surface area contributed by atoms with Crippen LogP contribution in [0.1, 0.15) is 0 Å². The van der Waals surface area contributed by atoms with Crippen molar-refractivity contribution in [1.29, 1.82) is 0 Å². The topological polar surface area (TPSA) is 15.8 Å². The second-order valence-electron chi connectivity index (χ2n) is 1.85. The number of aromatic amines is 1. The summed E-state index contributed by atoms with van der Waals surface area (Å²) in [5.74, 6) is 0. The zero-order valence-electron chi connectivity index (χ0n) is 4.59. The highest BCUT2D eigenvalue weighted by molar-refractivity contribution is 7.80. The third-order valence-corrected chi connectivity index (χ3v) is 2.33. The Labute approximate surface area is 62.1 Å². The molecular formula is C6H5NS2. The number of fused-ring (bicyclic) bond motifs is 1. The summed E-state index contributed by atoms with van der Waals surface area (Å²) in [4.78, 5) is 3.11. The molecule has 2 aromatic rings. The first-order valence-corrected chi connectivity index (χ1v) is 3.94. The third-order valence-electron chi connectivity index (χ3n) is 1.23. The quantitative estimate of drug-likeness (QED) is 0.544. The van der Waals surface area contributed by atoms with E-state index in [1.54, 1.807) is 11.3 Å². The molecule has 0 amide bonds. The molecule has 2 aromatic heterocycles. The second-order valence-corrected chi connectivity index (χ2v) is 3.28. The molecule has 1 nitrogen and oxygen atoms in total. The van der Waals surface area contributed by atoms with E-state index in [4.69, 9.17) is 0 Å². The lowest BCUT2D eigenvalue weighted by Crippen LogP contribution is -1.56. The Bertz CT molecular complexity index is 292. The van der Waals surface area contributed by atoms with E-state index in [9.17, 15) is 0 Å². The maximum absolute atomic E-state index is 4.16. The van der Waals surface area contributed by atoms with Crippen molar-refractivity contribution in [3.63, 3.8) is 0 Å². The molecule has 0 saturated heterocycles. The standard InChI is InChI=1S/C6H5NS2/c8-6-3-5-4(7-6)1-2-9-5/h1-3,7-8H. The van der Waals surface area contributed by atoms with Gasteiger partial charge in [-0.05, 0) is 17.5 Å². The molecule has 2 heterocycles. The van der Waals surface area contributed by atoms with E-state index >= 15 is 0 Å². The van der Waals surface area contributed by atoms with E-state index in [0.717, 1.165) is 5.03 Å². The van der Waals surface area contributed by atoms with Gasteiger partial charge in [-0.25, -0.2) is 0 Å². The fourth-order valence-corrected chi connectivity index (χ4v) is 1.95. The van der Waals surface area contributed by atoms with Gasteiger partial charge in [0.2, 0.25) is 0 Å². The highest BCUT2D eigenvalue weighted by Gasteiger charge is 1.95. The molecule has 0 fully saturated rings. The summed E-state index contributed by atoms with van der Waals surface area (Å²) in [5, 5.41) is 3.01. The van der Waals surface area contributed by atoms with Crippen molar-refractivity contribution in [2.45, 2.75) is 5.03 Å². The summed E-state index contributed by atoms with van der Waals surface area (Å²) in [7, 11) is 0. The molecule has 0 saturated carbocycles. The van der Waals surface area contributed by atoms with Crippen LogP contribution in [0.2, 0.25) is 0 Å². The molecule has 0 radical (unpaired) electrons. The first-order chi connectivity index (χ1) is 4.36. The van der Waals surface area contributed by atoms with E-state index in [0.29, 0.717) is 0 Å². The Morgan fingerprint density at radius 3 is 3.22 bits per heavy atom. The first kappa shape index (κ1) is 5.38. The summed E-state index contributed by atoms with van der Waals surface area (Å²) in [6.07, 6.45) is 0. The molecule has 0 aliphatic heterocycles. The average molecular weight is 155 g/mol. The van der Waals surface area contributed by atoms with Gasteiger partial charge in [-0.1, -0.05) is 0 Å². The number of aromatic nitrogens is 1. The monoisotopic (exact) mass is 155 g/mol. The minimum Gasteiger partial charge on any atom is -0.349 e. The number of hydrogen-bond donors (Lipinski definition) is 2. The molecule has 46 valence electrons. The van der Waals surface area contributed by atoms with Crippen LogP contribution in [-0.4, -0.2) is 4.98 Å². The Hall–Kier alpha value is -0.410. The van der Waals surface area contributed by atoms with Crippen molar-refractivity contribution in [1.82, 2.24) is 4.98 Å². The summed E-state index contributed by atoms with van der Waals surface area (Å²) in [5.41, 5.74) is 1.19. The Kier molecular flexibility index (Phi) is 1.07. The van der Waals surface area contributed by atoms with Crippen LogP contribution in [0.15, 0.2) is 22.5 Å². The predicted octanol–water partition coefficient (Wildman–Crippen LogP) is 2.52. The van der Waals surface area contributed by atoms with Crippen LogP contribution < -0.4 is 0 Å². The summed E-state index contributed by atoms with van der Waals surface area (Å²) < 4.78 is 1.28. The van der Waals surface area contributed by atoms with Crippen LogP contribution in [-0.2, 0) is 0 Å². The highest BCUT2D eigenvalue weighted by Crippen LogP contribution is 2.22. The van der Waals surface area contributed by atoms with E-state index < -0.39 is 0 Å². The van der Waals surface area contributed by atoms with E-state index in [2.05, 4.69) is 29.1 Å². The van der Waals surface area contributed by atoms with Crippen LogP contribution in [0.25, 0.3) is 10.2 Å². The smallest absolute Gasteiger partial charge is 0.0709 e. The normalized spacial score (nSPS) is 10.8. The lowest BCUT2D eigenvalue weighted by Gasteiger charge is -1.73. The molecule has 0 aromatic carbocycles. The van der Waals surface area contributed by atoms with Gasteiger partial charge in [0, 0.05) is 0 Å². The van der Waals surface area contributed by atoms with E-state index in [1.807, 2.05) is 6.07 Å². The average Bonchev–Trinajstić information content (AvgIpc) is 2.22. The largest absolute Gasteiger partial charge is 0.349 e. The number of thiol groups is 1. The lowest BCUT2D eigenvalue weighted by molar-refractivity contribution is 1.25. The number of hydrogen-bond acceptors (Lipinski definition) is 2. The highest BCUT2D eigenvalue weighted by atomic mass is 32.1. The van der Waals surface area contributed by atoms with E-state index in [-0.39, 0.29) is 0 Å². The Morgan fingerprint density at radius 1 is 1.56 bits per heavy atom. The van der Waals surface area contributed by atoms with E-state index in [1.165, 1.54) is 10.2 Å². The molecule has 0 aliphatic carbocycles. The molecule has 0 spiro atoms. The van der Waals surface area contributed by atoms with Crippen LogP contribution in [0.3, 0.4) is 0 Å². The Balaban J connectivity index is 2.92. The van der Waals surface area contributed by atoms with Crippen LogP contribution in [0.4, 0.5) is 0 Å². The zero-order chi connectivity index (χ0) is 6.27. The zero-order valence-corrected chi connectivity index (χ0v) is 6.30. The van der Waals surface area contributed by atoms with Crippen LogP contribution >= 0.6 is 24.0 Å². The van der Waals surface area contributed by atoms with Crippen molar-refractivity contribution in [2.24, 2.45) is 0 Å². The van der Waals surface area contributed by atoms with Gasteiger partial charge in [0.05, 0.1) is 15.2 Å². The maximum Gasteiger partial charge on any atom is 0.0709 e. The van der Waals surface area contributed by atoms with Crippen molar-refractivity contribution in [3.8, 4) is 0 Å². The van der Waals surface area contributed by atoms with Gasteiger partial charge < -0.3 is 4.98 Å². The number of H-pyrrole nitrogens is 1. The molecule has 2 rings (SSSR count). The van der Waals surface area contributed by atoms with Crippen LogP contribution in [0.5, 0.6) is 0 Å². The number of nitrogens with one attached hydrogen (secondary N) is 1. The SMILES string of the molecule is Sc1cc2sccc2[nH]1. The fourth-order valence-electron chi connectivity index (χ4n) is 0.834. The predicted molar refractivity (Wildman–Crippen MR) is 43.4 cm³/mol. The number of rotatable bonds is 0. The molecule has 0 unspecified atom stereocenters. The van der Waals surface area contributed by atoms with Gasteiger partial charge >= 0.3 is 0 Å². The fraction of sp³-hybridized carbons (Fsp3) is 0. The first-order valence-electron chi connectivity index (χ1n) is 2.61. The molecule has 0 bridgehead atoms. The molecule has 0 atom stereocenters. The molecular weight excluding hydrogens is 150 g/mol. The van der Waals surface area contributed by atoms with Crippen molar-refractivity contribution >= 4 is 34.2 Å². The van der Waals surface area contributed by atoms with Crippen LogP contribution in [0, 0.1) is 0 Å². The number of thiophene rings is 1. The minimum absolute atomic E-state index is 0.942. The van der Waals surface area contributed by atoms with Gasteiger partial charge in [-0.3, -0.25) is 0 Å².